The Morgan fingerprint density at radius 3 is 2.85 bits per heavy atom. The summed E-state index contributed by atoms with van der Waals surface area (Å²) in [6.07, 6.45) is 1.42. The molecule has 0 saturated heterocycles. The SMILES string of the molecule is O[C@H]1C=COc2cc(F)cc(F)c21. The highest BCUT2D eigenvalue weighted by Crippen LogP contribution is 2.32. The van der Waals surface area contributed by atoms with Crippen LogP contribution in [0.1, 0.15) is 11.7 Å². The third-order valence-corrected chi connectivity index (χ3v) is 1.81. The fourth-order valence-corrected chi connectivity index (χ4v) is 1.23. The first kappa shape index (κ1) is 8.19. The number of halogens is 2. The molecule has 0 bridgehead atoms. The van der Waals surface area contributed by atoms with Crippen LogP contribution in [0.4, 0.5) is 8.78 Å². The minimum absolute atomic E-state index is 0.0208. The van der Waals surface area contributed by atoms with E-state index in [1.807, 2.05) is 0 Å². The zero-order chi connectivity index (χ0) is 9.42. The lowest BCUT2D eigenvalue weighted by molar-refractivity contribution is 0.207. The number of rotatable bonds is 0. The Bertz CT molecular complexity index is 374. The summed E-state index contributed by atoms with van der Waals surface area (Å²) in [6, 6.07) is 1.75. The summed E-state index contributed by atoms with van der Waals surface area (Å²) >= 11 is 0. The maximum absolute atomic E-state index is 13.1. The van der Waals surface area contributed by atoms with E-state index in [-0.39, 0.29) is 11.3 Å². The highest BCUT2D eigenvalue weighted by atomic mass is 19.1. The maximum Gasteiger partial charge on any atom is 0.138 e. The van der Waals surface area contributed by atoms with Crippen molar-refractivity contribution in [3.05, 3.63) is 41.7 Å². The van der Waals surface area contributed by atoms with Gasteiger partial charge in [-0.15, -0.1) is 0 Å². The van der Waals surface area contributed by atoms with Gasteiger partial charge in [-0.25, -0.2) is 8.78 Å². The molecule has 1 N–H and O–H groups in total. The summed E-state index contributed by atoms with van der Waals surface area (Å²) in [4.78, 5) is 0. The standard InChI is InChI=1S/C9H6F2O2/c10-5-3-6(11)9-7(12)1-2-13-8(9)4-5/h1-4,7,12H/t7-/m0/s1. The quantitative estimate of drug-likeness (QED) is 0.667. The lowest BCUT2D eigenvalue weighted by atomic mass is 10.1. The summed E-state index contributed by atoms with van der Waals surface area (Å²) in [7, 11) is 0. The van der Waals surface area contributed by atoms with E-state index in [1.54, 1.807) is 0 Å². The third kappa shape index (κ3) is 1.29. The molecular formula is C9H6F2O2. The van der Waals surface area contributed by atoms with Crippen molar-refractivity contribution < 1.29 is 18.6 Å². The Morgan fingerprint density at radius 1 is 1.31 bits per heavy atom. The van der Waals surface area contributed by atoms with Crippen LogP contribution in [-0.2, 0) is 0 Å². The van der Waals surface area contributed by atoms with Crippen LogP contribution in [0.25, 0.3) is 0 Å². The second-order valence-corrected chi connectivity index (χ2v) is 2.69. The number of benzene rings is 1. The molecule has 0 unspecified atom stereocenters. The van der Waals surface area contributed by atoms with E-state index in [2.05, 4.69) is 0 Å². The van der Waals surface area contributed by atoms with Gasteiger partial charge in [-0.3, -0.25) is 0 Å². The number of ether oxygens (including phenoxy) is 1. The summed E-state index contributed by atoms with van der Waals surface area (Å²) < 4.78 is 30.6. The number of hydrogen-bond acceptors (Lipinski definition) is 2. The summed E-state index contributed by atoms with van der Waals surface area (Å²) in [5.74, 6) is -1.50. The first-order valence-corrected chi connectivity index (χ1v) is 3.69. The largest absolute Gasteiger partial charge is 0.465 e. The molecule has 1 aliphatic heterocycles. The molecule has 0 amide bonds. The molecule has 0 radical (unpaired) electrons. The minimum Gasteiger partial charge on any atom is -0.465 e. The Kier molecular flexibility index (Phi) is 1.77. The van der Waals surface area contributed by atoms with E-state index in [4.69, 9.17) is 4.74 Å². The summed E-state index contributed by atoms with van der Waals surface area (Å²) in [5.41, 5.74) is -0.0242. The van der Waals surface area contributed by atoms with Gasteiger partial charge in [0, 0.05) is 12.1 Å². The van der Waals surface area contributed by atoms with Crippen LogP contribution in [0.3, 0.4) is 0 Å². The molecular weight excluding hydrogens is 178 g/mol. The molecule has 2 rings (SSSR count). The molecule has 1 aromatic carbocycles. The Balaban J connectivity index is 2.61. The van der Waals surface area contributed by atoms with Crippen molar-refractivity contribution in [3.63, 3.8) is 0 Å². The molecule has 1 aliphatic rings. The van der Waals surface area contributed by atoms with Crippen LogP contribution in [0.15, 0.2) is 24.5 Å². The first-order valence-electron chi connectivity index (χ1n) is 3.69. The van der Waals surface area contributed by atoms with Crippen molar-refractivity contribution >= 4 is 0 Å². The molecule has 0 aromatic heterocycles. The van der Waals surface area contributed by atoms with Gasteiger partial charge in [0.15, 0.2) is 0 Å². The lowest BCUT2D eigenvalue weighted by Gasteiger charge is -2.16. The number of aliphatic hydroxyl groups is 1. The van der Waals surface area contributed by atoms with Crippen molar-refractivity contribution in [2.45, 2.75) is 6.10 Å². The van der Waals surface area contributed by atoms with Crippen LogP contribution < -0.4 is 4.74 Å². The van der Waals surface area contributed by atoms with Gasteiger partial charge in [0.1, 0.15) is 23.5 Å². The lowest BCUT2D eigenvalue weighted by Crippen LogP contribution is -2.06. The minimum atomic E-state index is -1.07. The fraction of sp³-hybridized carbons (Fsp3) is 0.111. The van der Waals surface area contributed by atoms with E-state index in [0.29, 0.717) is 6.07 Å². The molecule has 1 aromatic rings. The van der Waals surface area contributed by atoms with Crippen molar-refractivity contribution in [2.24, 2.45) is 0 Å². The first-order chi connectivity index (χ1) is 6.18. The van der Waals surface area contributed by atoms with Crippen LogP contribution in [0.2, 0.25) is 0 Å². The van der Waals surface area contributed by atoms with Gasteiger partial charge in [0.05, 0.1) is 11.8 Å². The van der Waals surface area contributed by atoms with Crippen LogP contribution in [-0.4, -0.2) is 5.11 Å². The molecule has 1 atom stereocenters. The van der Waals surface area contributed by atoms with E-state index in [1.165, 1.54) is 12.3 Å². The van der Waals surface area contributed by atoms with Crippen LogP contribution >= 0.6 is 0 Å². The van der Waals surface area contributed by atoms with Gasteiger partial charge in [-0.05, 0) is 6.08 Å². The predicted octanol–water partition coefficient (Wildman–Crippen LogP) is 1.90. The van der Waals surface area contributed by atoms with Crippen molar-refractivity contribution in [1.29, 1.82) is 0 Å². The van der Waals surface area contributed by atoms with Crippen LogP contribution in [0, 0.1) is 11.6 Å². The molecule has 4 heteroatoms. The molecule has 0 spiro atoms. The van der Waals surface area contributed by atoms with E-state index >= 15 is 0 Å². The van der Waals surface area contributed by atoms with Crippen molar-refractivity contribution in [2.75, 3.05) is 0 Å². The number of fused-ring (bicyclic) bond motifs is 1. The molecule has 0 saturated carbocycles. The highest BCUT2D eigenvalue weighted by Gasteiger charge is 2.20. The second kappa shape index (κ2) is 2.81. The monoisotopic (exact) mass is 184 g/mol. The zero-order valence-electron chi connectivity index (χ0n) is 6.50. The molecule has 13 heavy (non-hydrogen) atoms. The Morgan fingerprint density at radius 2 is 2.08 bits per heavy atom. The summed E-state index contributed by atoms with van der Waals surface area (Å²) in [5, 5.41) is 9.30. The molecule has 2 nitrogen and oxygen atoms in total. The van der Waals surface area contributed by atoms with E-state index in [0.717, 1.165) is 6.07 Å². The van der Waals surface area contributed by atoms with Gasteiger partial charge in [-0.1, -0.05) is 0 Å². The second-order valence-electron chi connectivity index (χ2n) is 2.69. The fourth-order valence-electron chi connectivity index (χ4n) is 1.23. The van der Waals surface area contributed by atoms with Gasteiger partial charge in [0.25, 0.3) is 0 Å². The average Bonchev–Trinajstić information content (AvgIpc) is 2.02. The smallest absolute Gasteiger partial charge is 0.138 e. The Hall–Kier alpha value is -1.42. The Labute approximate surface area is 73.1 Å². The average molecular weight is 184 g/mol. The topological polar surface area (TPSA) is 29.5 Å². The van der Waals surface area contributed by atoms with Crippen molar-refractivity contribution in [1.82, 2.24) is 0 Å². The number of hydrogen-bond donors (Lipinski definition) is 1. The van der Waals surface area contributed by atoms with Gasteiger partial charge in [-0.2, -0.15) is 0 Å². The zero-order valence-corrected chi connectivity index (χ0v) is 6.50. The normalized spacial score (nSPS) is 19.5. The summed E-state index contributed by atoms with van der Waals surface area (Å²) in [6.45, 7) is 0. The molecule has 1 heterocycles. The van der Waals surface area contributed by atoms with Gasteiger partial charge < -0.3 is 9.84 Å². The van der Waals surface area contributed by atoms with Gasteiger partial charge in [0.2, 0.25) is 0 Å². The number of aliphatic hydroxyl groups excluding tert-OH is 1. The van der Waals surface area contributed by atoms with Crippen LogP contribution in [0.5, 0.6) is 5.75 Å². The predicted molar refractivity (Wildman–Crippen MR) is 41.1 cm³/mol. The third-order valence-electron chi connectivity index (χ3n) is 1.81. The van der Waals surface area contributed by atoms with E-state index in [9.17, 15) is 13.9 Å². The molecule has 0 aliphatic carbocycles. The maximum atomic E-state index is 13.1. The molecule has 0 fully saturated rings. The molecule has 68 valence electrons. The highest BCUT2D eigenvalue weighted by molar-refractivity contribution is 5.41. The van der Waals surface area contributed by atoms with Gasteiger partial charge >= 0.3 is 0 Å². The van der Waals surface area contributed by atoms with E-state index < -0.39 is 17.7 Å². The van der Waals surface area contributed by atoms with Crippen molar-refractivity contribution in [3.8, 4) is 5.75 Å².